The molecule has 1 aromatic rings. The number of amides is 2. The predicted octanol–water partition coefficient (Wildman–Crippen LogP) is -0.779. The van der Waals surface area contributed by atoms with Crippen LogP contribution in [0.2, 0.25) is 0 Å². The van der Waals surface area contributed by atoms with Crippen LogP contribution in [-0.2, 0) is 28.7 Å². The second-order valence-corrected chi connectivity index (χ2v) is 12.7. The van der Waals surface area contributed by atoms with E-state index in [-0.39, 0.29) is 6.54 Å². The summed E-state index contributed by atoms with van der Waals surface area (Å²) in [5.41, 5.74) is 0.349. The van der Waals surface area contributed by atoms with Crippen molar-refractivity contribution in [2.75, 3.05) is 27.7 Å². The van der Waals surface area contributed by atoms with Gasteiger partial charge in [0.2, 0.25) is 11.8 Å². The Morgan fingerprint density at radius 3 is 2.46 bits per heavy atom. The van der Waals surface area contributed by atoms with E-state index in [2.05, 4.69) is 5.32 Å². The first-order valence-corrected chi connectivity index (χ1v) is 12.7. The average Bonchev–Trinajstić information content (AvgIpc) is 3.28. The second kappa shape index (κ2) is 9.78. The van der Waals surface area contributed by atoms with Crippen molar-refractivity contribution < 1.29 is 43.4 Å². The number of fused-ring (bicyclic) bond motifs is 1. The quantitative estimate of drug-likeness (QED) is 0.173. The summed E-state index contributed by atoms with van der Waals surface area (Å²) in [6.07, 6.45) is -1.55. The van der Waals surface area contributed by atoms with Crippen molar-refractivity contribution in [1.82, 2.24) is 10.2 Å². The number of ether oxygens (including phenoxy) is 1. The van der Waals surface area contributed by atoms with Gasteiger partial charge in [-0.05, 0) is 36.2 Å². The lowest BCUT2D eigenvalue weighted by Crippen LogP contribution is -2.71. The summed E-state index contributed by atoms with van der Waals surface area (Å²) >= 11 is 2.53. The molecule has 2 N–H and O–H groups in total. The molecule has 3 rings (SSSR count). The summed E-state index contributed by atoms with van der Waals surface area (Å²) in [6, 6.07) is -0.445. The molecule has 0 aromatic carbocycles. The van der Waals surface area contributed by atoms with Crippen molar-refractivity contribution in [3.8, 4) is 0 Å². The topological polar surface area (TPSA) is 153 Å². The Morgan fingerprint density at radius 2 is 1.94 bits per heavy atom. The van der Waals surface area contributed by atoms with Gasteiger partial charge in [-0.3, -0.25) is 14.4 Å². The third-order valence-corrected chi connectivity index (χ3v) is 8.05. The number of nitrogens with one attached hydrogen (secondary N) is 1. The van der Waals surface area contributed by atoms with Gasteiger partial charge < -0.3 is 34.4 Å². The van der Waals surface area contributed by atoms with Crippen molar-refractivity contribution in [2.24, 2.45) is 0 Å². The molecule has 5 atom stereocenters. The van der Waals surface area contributed by atoms with Crippen LogP contribution < -0.4 is 10.4 Å². The summed E-state index contributed by atoms with van der Waals surface area (Å²) in [4.78, 5) is 63.3. The number of carboxylic acid groups (broad SMARTS) is 2. The molecule has 192 valence electrons. The van der Waals surface area contributed by atoms with Gasteiger partial charge in [0, 0.05) is 17.1 Å². The molecule has 0 saturated carbocycles. The lowest BCUT2D eigenvalue weighted by molar-refractivity contribution is -0.873. The fraction of sp³-hybridized carbons (Fsp3) is 0.591. The van der Waals surface area contributed by atoms with Crippen molar-refractivity contribution in [2.45, 2.75) is 54.5 Å². The highest BCUT2D eigenvalue weighted by Gasteiger charge is 2.64. The molecule has 35 heavy (non-hydrogen) atoms. The molecule has 1 unspecified atom stereocenters. The standard InChI is InChI=1S/C22H29N3O8S2/c1-22(2)16(20(30)31)24-18(29)15(19(24)35-22)23-17(28)14(11-6-7-34-10-11)21(32)33-12(8-13(26)27)9-25(3,4)5/h6-7,10,12,14-16,19H,8-9H2,1-5H3,(H2-,23,26,27,28,30,31)/t12?,14-,15-,16+,19-/m1/s1. The van der Waals surface area contributed by atoms with Gasteiger partial charge >= 0.3 is 11.9 Å². The van der Waals surface area contributed by atoms with Crippen molar-refractivity contribution in [3.05, 3.63) is 22.4 Å². The number of aliphatic carboxylic acids is 2. The van der Waals surface area contributed by atoms with E-state index in [0.29, 0.717) is 10.0 Å². The number of β-lactam (4-membered cyclic amide) rings is 1. The van der Waals surface area contributed by atoms with Crippen molar-refractivity contribution in [3.63, 3.8) is 0 Å². The molecule has 0 bridgehead atoms. The van der Waals surface area contributed by atoms with Crippen LogP contribution in [0.3, 0.4) is 0 Å². The predicted molar refractivity (Wildman–Crippen MR) is 125 cm³/mol. The monoisotopic (exact) mass is 527 g/mol. The molecule has 2 saturated heterocycles. The Hall–Kier alpha value is -2.64. The molecule has 1 aromatic heterocycles. The van der Waals surface area contributed by atoms with E-state index in [9.17, 15) is 34.2 Å². The van der Waals surface area contributed by atoms with E-state index in [1.165, 1.54) is 28.0 Å². The molecule has 2 fully saturated rings. The summed E-state index contributed by atoms with van der Waals surface area (Å²) < 4.78 is 5.01. The minimum absolute atomic E-state index is 0.179. The average molecular weight is 528 g/mol. The third kappa shape index (κ3) is 5.78. The highest BCUT2D eigenvalue weighted by atomic mass is 32.2. The molecular weight excluding hydrogens is 498 g/mol. The van der Waals surface area contributed by atoms with E-state index in [1.54, 1.807) is 51.8 Å². The summed E-state index contributed by atoms with van der Waals surface area (Å²) in [5.74, 6) is -6.19. The molecule has 3 heterocycles. The Labute approximate surface area is 211 Å². The fourth-order valence-corrected chi connectivity index (χ4v) is 6.70. The van der Waals surface area contributed by atoms with Crippen molar-refractivity contribution >= 4 is 52.8 Å². The lowest BCUT2D eigenvalue weighted by Gasteiger charge is -2.43. The molecule has 2 aliphatic heterocycles. The van der Waals surface area contributed by atoms with Crippen LogP contribution in [0.5, 0.6) is 0 Å². The van der Waals surface area contributed by atoms with Crippen LogP contribution in [0.25, 0.3) is 0 Å². The Morgan fingerprint density at radius 1 is 1.29 bits per heavy atom. The van der Waals surface area contributed by atoms with Gasteiger partial charge in [0.1, 0.15) is 24.0 Å². The first kappa shape index (κ1) is 27.0. The zero-order valence-electron chi connectivity index (χ0n) is 20.0. The zero-order chi connectivity index (χ0) is 26.3. The lowest BCUT2D eigenvalue weighted by atomic mass is 9.95. The van der Waals surface area contributed by atoms with E-state index >= 15 is 0 Å². The van der Waals surface area contributed by atoms with Gasteiger partial charge in [-0.2, -0.15) is 11.3 Å². The molecule has 11 nitrogen and oxygen atoms in total. The summed E-state index contributed by atoms with van der Waals surface area (Å²) in [6.45, 7) is 3.62. The first-order chi connectivity index (χ1) is 16.1. The number of thiophene rings is 1. The normalized spacial score (nSPS) is 24.7. The smallest absolute Gasteiger partial charge is 0.327 e. The van der Waals surface area contributed by atoms with E-state index < -0.39 is 70.4 Å². The van der Waals surface area contributed by atoms with E-state index in [4.69, 9.17) is 4.74 Å². The van der Waals surface area contributed by atoms with Gasteiger partial charge in [-0.15, -0.1) is 11.8 Å². The van der Waals surface area contributed by atoms with Crippen LogP contribution in [0, 0.1) is 0 Å². The second-order valence-electron chi connectivity index (χ2n) is 10.2. The minimum Gasteiger partial charge on any atom is -0.550 e. The maximum absolute atomic E-state index is 13.2. The number of carboxylic acids is 2. The van der Waals surface area contributed by atoms with E-state index in [1.807, 2.05) is 0 Å². The molecule has 2 amide bonds. The van der Waals surface area contributed by atoms with Crippen LogP contribution in [-0.4, -0.2) is 100 Å². The number of thioether (sulfide) groups is 1. The van der Waals surface area contributed by atoms with Crippen LogP contribution >= 0.6 is 23.1 Å². The Kier molecular flexibility index (Phi) is 7.53. The number of carbonyl (C=O) groups is 5. The number of quaternary nitrogens is 1. The minimum atomic E-state index is -1.42. The maximum atomic E-state index is 13.2. The highest BCUT2D eigenvalue weighted by molar-refractivity contribution is 8.01. The molecular formula is C22H29N3O8S2. The third-order valence-electron chi connectivity index (χ3n) is 5.78. The number of likely N-dealkylation sites (N-methyl/N-ethyl adjacent to an activating group) is 1. The number of hydrogen-bond acceptors (Lipinski definition) is 9. The fourth-order valence-electron chi connectivity index (χ4n) is 4.39. The van der Waals surface area contributed by atoms with Crippen LogP contribution in [0.4, 0.5) is 0 Å². The number of nitrogens with zero attached hydrogens (tertiary/aromatic N) is 2. The van der Waals surface area contributed by atoms with Gasteiger partial charge in [-0.25, -0.2) is 4.79 Å². The largest absolute Gasteiger partial charge is 0.550 e. The van der Waals surface area contributed by atoms with Crippen LogP contribution in [0.1, 0.15) is 31.7 Å². The Balaban J connectivity index is 1.78. The van der Waals surface area contributed by atoms with Gasteiger partial charge in [-0.1, -0.05) is 0 Å². The SMILES string of the molecule is CC1(C)S[C@@H]2[C@H](NC(=O)[C@H](C(=O)OC(CC(=O)[O-])C[N+](C)(C)C)c3ccsc3)C(=O)N2[C@H]1C(=O)O. The van der Waals surface area contributed by atoms with Gasteiger partial charge in [0.15, 0.2) is 12.0 Å². The summed E-state index contributed by atoms with van der Waals surface area (Å²) in [7, 11) is 5.41. The van der Waals surface area contributed by atoms with Crippen LogP contribution in [0.15, 0.2) is 16.8 Å². The first-order valence-electron chi connectivity index (χ1n) is 10.9. The molecule has 0 radical (unpaired) electrons. The maximum Gasteiger partial charge on any atom is 0.327 e. The number of rotatable bonds is 10. The zero-order valence-corrected chi connectivity index (χ0v) is 21.7. The molecule has 0 aliphatic carbocycles. The number of carbonyl (C=O) groups excluding carboxylic acids is 4. The summed E-state index contributed by atoms with van der Waals surface area (Å²) in [5, 5.41) is 26.1. The highest BCUT2D eigenvalue weighted by Crippen LogP contribution is 2.50. The molecule has 2 aliphatic rings. The number of esters is 1. The molecule has 13 heteroatoms. The molecule has 0 spiro atoms. The van der Waals surface area contributed by atoms with Gasteiger partial charge in [0.25, 0.3) is 0 Å². The van der Waals surface area contributed by atoms with Gasteiger partial charge in [0.05, 0.1) is 21.1 Å². The van der Waals surface area contributed by atoms with E-state index in [0.717, 1.165) is 0 Å². The van der Waals surface area contributed by atoms with Crippen molar-refractivity contribution in [1.29, 1.82) is 0 Å². The Bertz CT molecular complexity index is 1020. The number of hydrogen-bond donors (Lipinski definition) is 2.